The molecule has 0 aliphatic carbocycles. The Hall–Kier alpha value is -2.31. The Bertz CT molecular complexity index is 983. The second-order valence-electron chi connectivity index (χ2n) is 6.82. The Balaban J connectivity index is 1.53. The van der Waals surface area contributed by atoms with Crippen LogP contribution >= 0.6 is 23.4 Å². The smallest absolute Gasteiger partial charge is 0.255 e. The van der Waals surface area contributed by atoms with Crippen LogP contribution in [-0.2, 0) is 7.05 Å². The molecule has 2 aromatic heterocycles. The van der Waals surface area contributed by atoms with E-state index in [1.165, 1.54) is 18.2 Å². The van der Waals surface area contributed by atoms with Crippen LogP contribution in [0.4, 0.5) is 0 Å². The van der Waals surface area contributed by atoms with Gasteiger partial charge in [-0.05, 0) is 42.7 Å². The lowest BCUT2D eigenvalue weighted by Crippen LogP contribution is -2.35. The number of amides is 1. The van der Waals surface area contributed by atoms with Crippen LogP contribution in [0, 0.1) is 0 Å². The number of carbonyl (C=O) groups excluding carboxylic acids is 1. The first-order chi connectivity index (χ1) is 13.6. The lowest BCUT2D eigenvalue weighted by Gasteiger charge is -2.26. The molecule has 0 unspecified atom stereocenters. The van der Waals surface area contributed by atoms with Gasteiger partial charge in [-0.1, -0.05) is 41.9 Å². The Kier molecular flexibility index (Phi) is 5.69. The van der Waals surface area contributed by atoms with Crippen LogP contribution in [0.15, 0.2) is 59.0 Å². The summed E-state index contributed by atoms with van der Waals surface area (Å²) in [6.07, 6.45) is 6.77. The molecule has 5 nitrogen and oxygen atoms in total. The predicted octanol–water partition coefficient (Wildman–Crippen LogP) is 4.91. The minimum absolute atomic E-state index is 0.00834. The maximum Gasteiger partial charge on any atom is 0.255 e. The van der Waals surface area contributed by atoms with Crippen molar-refractivity contribution >= 4 is 29.3 Å². The van der Waals surface area contributed by atoms with Crippen LogP contribution in [0.5, 0.6) is 0 Å². The number of hydrogen-bond donors (Lipinski definition) is 0. The molecule has 0 saturated carbocycles. The minimum atomic E-state index is 0.00834. The summed E-state index contributed by atoms with van der Waals surface area (Å²) >= 11 is 7.84. The molecule has 1 saturated heterocycles. The van der Waals surface area contributed by atoms with Gasteiger partial charge in [0.25, 0.3) is 5.91 Å². The van der Waals surface area contributed by atoms with Gasteiger partial charge in [-0.2, -0.15) is 0 Å². The Morgan fingerprint density at radius 2 is 1.82 bits per heavy atom. The molecular weight excluding hydrogens is 392 g/mol. The molecule has 28 heavy (non-hydrogen) atoms. The van der Waals surface area contributed by atoms with Crippen LogP contribution in [0.3, 0.4) is 0 Å². The Morgan fingerprint density at radius 3 is 2.54 bits per heavy atom. The first-order valence-electron chi connectivity index (χ1n) is 9.33. The van der Waals surface area contributed by atoms with Crippen molar-refractivity contribution in [1.82, 2.24) is 19.4 Å². The summed E-state index contributed by atoms with van der Waals surface area (Å²) in [4.78, 5) is 23.5. The van der Waals surface area contributed by atoms with Crippen LogP contribution in [-0.4, -0.2) is 38.4 Å². The van der Waals surface area contributed by atoms with Crippen molar-refractivity contribution in [3.8, 4) is 11.3 Å². The quantitative estimate of drug-likeness (QED) is 0.610. The maximum atomic E-state index is 12.6. The molecule has 1 aromatic carbocycles. The lowest BCUT2D eigenvalue weighted by molar-refractivity contribution is 0.0724. The van der Waals surface area contributed by atoms with E-state index in [4.69, 9.17) is 11.6 Å². The highest BCUT2D eigenvalue weighted by molar-refractivity contribution is 7.99. The van der Waals surface area contributed by atoms with Crippen LogP contribution < -0.4 is 0 Å². The van der Waals surface area contributed by atoms with Crippen LogP contribution in [0.2, 0.25) is 5.02 Å². The first kappa shape index (κ1) is 19.0. The molecule has 1 fully saturated rings. The van der Waals surface area contributed by atoms with E-state index in [1.54, 1.807) is 12.3 Å². The number of pyridine rings is 1. The zero-order chi connectivity index (χ0) is 19.5. The van der Waals surface area contributed by atoms with E-state index in [9.17, 15) is 4.79 Å². The molecule has 1 aliphatic heterocycles. The van der Waals surface area contributed by atoms with E-state index in [-0.39, 0.29) is 5.91 Å². The normalized spacial score (nSPS) is 14.3. The minimum Gasteiger partial charge on any atom is -0.339 e. The second kappa shape index (κ2) is 8.37. The van der Waals surface area contributed by atoms with Gasteiger partial charge < -0.3 is 9.47 Å². The largest absolute Gasteiger partial charge is 0.339 e. The summed E-state index contributed by atoms with van der Waals surface area (Å²) in [6, 6.07) is 11.8. The molecule has 0 bridgehead atoms. The molecule has 144 valence electrons. The Morgan fingerprint density at radius 1 is 1.07 bits per heavy atom. The van der Waals surface area contributed by atoms with Crippen molar-refractivity contribution in [1.29, 1.82) is 0 Å². The predicted molar refractivity (Wildman–Crippen MR) is 112 cm³/mol. The van der Waals surface area contributed by atoms with Crippen molar-refractivity contribution in [3.63, 3.8) is 0 Å². The number of likely N-dealkylation sites (tertiary alicyclic amines) is 1. The summed E-state index contributed by atoms with van der Waals surface area (Å²) < 4.78 is 2.02. The highest BCUT2D eigenvalue weighted by Crippen LogP contribution is 2.33. The van der Waals surface area contributed by atoms with Crippen LogP contribution in [0.1, 0.15) is 29.6 Å². The maximum absolute atomic E-state index is 12.6. The van der Waals surface area contributed by atoms with Crippen molar-refractivity contribution in [3.05, 3.63) is 59.4 Å². The molecule has 0 radical (unpaired) electrons. The second-order valence-corrected chi connectivity index (χ2v) is 8.18. The number of benzene rings is 1. The topological polar surface area (TPSA) is 51.0 Å². The molecule has 0 spiro atoms. The first-order valence-corrected chi connectivity index (χ1v) is 10.5. The highest BCUT2D eigenvalue weighted by Gasteiger charge is 2.20. The van der Waals surface area contributed by atoms with Gasteiger partial charge in [0.1, 0.15) is 5.03 Å². The average molecular weight is 413 g/mol. The van der Waals surface area contributed by atoms with Gasteiger partial charge in [-0.15, -0.1) is 0 Å². The fourth-order valence-electron chi connectivity index (χ4n) is 3.35. The van der Waals surface area contributed by atoms with Gasteiger partial charge in [0.2, 0.25) is 0 Å². The fourth-order valence-corrected chi connectivity index (χ4v) is 4.41. The number of halogens is 1. The van der Waals surface area contributed by atoms with Gasteiger partial charge in [0, 0.05) is 26.3 Å². The van der Waals surface area contributed by atoms with E-state index >= 15 is 0 Å². The van der Waals surface area contributed by atoms with Crippen molar-refractivity contribution < 1.29 is 4.79 Å². The third kappa shape index (κ3) is 3.93. The zero-order valence-corrected chi connectivity index (χ0v) is 17.2. The number of imidazole rings is 1. The molecular formula is C21H21ClN4OS. The summed E-state index contributed by atoms with van der Waals surface area (Å²) in [6.45, 7) is 1.62. The standard InChI is InChI=1S/C21H21ClN4OS/c1-25-18(15-8-4-2-5-9-15)14-24-21(25)28-19-17(22)12-16(13-23-19)20(27)26-10-6-3-7-11-26/h2,4-5,8-9,12-14H,3,6-7,10-11H2,1H3. The zero-order valence-electron chi connectivity index (χ0n) is 15.6. The number of carbonyl (C=O) groups is 1. The van der Waals surface area contributed by atoms with Gasteiger partial charge >= 0.3 is 0 Å². The number of aromatic nitrogens is 3. The van der Waals surface area contributed by atoms with E-state index in [0.717, 1.165) is 42.3 Å². The monoisotopic (exact) mass is 412 g/mol. The number of hydrogen-bond acceptors (Lipinski definition) is 4. The summed E-state index contributed by atoms with van der Waals surface area (Å²) in [5, 5.41) is 1.91. The van der Waals surface area contributed by atoms with E-state index < -0.39 is 0 Å². The number of rotatable bonds is 4. The lowest BCUT2D eigenvalue weighted by atomic mass is 10.1. The average Bonchev–Trinajstić information content (AvgIpc) is 3.10. The highest BCUT2D eigenvalue weighted by atomic mass is 35.5. The molecule has 3 heterocycles. The third-order valence-corrected chi connectivity index (χ3v) is 6.38. The van der Waals surface area contributed by atoms with Gasteiger partial charge in [0.05, 0.1) is 22.5 Å². The van der Waals surface area contributed by atoms with Crippen molar-refractivity contribution in [2.75, 3.05) is 13.1 Å². The SMILES string of the molecule is Cn1c(-c2ccccc2)cnc1Sc1ncc(C(=O)N2CCCCC2)cc1Cl. The van der Waals surface area contributed by atoms with Crippen molar-refractivity contribution in [2.45, 2.75) is 29.4 Å². The van der Waals surface area contributed by atoms with Gasteiger partial charge in [-0.25, -0.2) is 9.97 Å². The van der Waals surface area contributed by atoms with E-state index in [2.05, 4.69) is 22.1 Å². The molecule has 7 heteroatoms. The van der Waals surface area contributed by atoms with Gasteiger partial charge in [-0.3, -0.25) is 4.79 Å². The molecule has 3 aromatic rings. The third-order valence-electron chi connectivity index (χ3n) is 4.90. The van der Waals surface area contributed by atoms with Gasteiger partial charge in [0.15, 0.2) is 5.16 Å². The summed E-state index contributed by atoms with van der Waals surface area (Å²) in [5.74, 6) is 0.00834. The molecule has 1 amide bonds. The molecule has 4 rings (SSSR count). The van der Waals surface area contributed by atoms with Crippen molar-refractivity contribution in [2.24, 2.45) is 7.05 Å². The molecule has 0 N–H and O–H groups in total. The fraction of sp³-hybridized carbons (Fsp3) is 0.286. The van der Waals surface area contributed by atoms with E-state index in [0.29, 0.717) is 15.6 Å². The number of nitrogens with zero attached hydrogens (tertiary/aromatic N) is 4. The molecule has 0 atom stereocenters. The number of piperidine rings is 1. The summed E-state index contributed by atoms with van der Waals surface area (Å²) in [5.41, 5.74) is 2.67. The molecule has 1 aliphatic rings. The van der Waals surface area contributed by atoms with Crippen LogP contribution in [0.25, 0.3) is 11.3 Å². The summed E-state index contributed by atoms with van der Waals surface area (Å²) in [7, 11) is 1.97. The van der Waals surface area contributed by atoms with E-state index in [1.807, 2.05) is 40.9 Å². The Labute approximate surface area is 173 Å².